The van der Waals surface area contributed by atoms with Crippen LogP contribution in [-0.2, 0) is 60.4 Å². The van der Waals surface area contributed by atoms with Crippen molar-refractivity contribution in [3.8, 4) is 23.0 Å². The summed E-state index contributed by atoms with van der Waals surface area (Å²) in [7, 11) is 0. The molecule has 0 aliphatic heterocycles. The Bertz CT molecular complexity index is 4250. The van der Waals surface area contributed by atoms with Gasteiger partial charge in [-0.2, -0.15) is 0 Å². The Kier molecular flexibility index (Phi) is 15.9. The second kappa shape index (κ2) is 23.6. The number of phenols is 2. The molecule has 0 heterocycles. The molecule has 0 saturated carbocycles. The zero-order valence-electron chi connectivity index (χ0n) is 55.2. The fraction of sp³-hybridized carbons (Fsp3) is 0.333. The molecule has 0 atom stereocenters. The van der Waals surface area contributed by atoms with Crippen LogP contribution in [0.15, 0.2) is 158 Å². The SMILES string of the molecule is CC(C)(C)c1cc2c(O)c(c1)Cc1cc(C(C)(C)C)cc(c1OCCCNCc1ccc3ccc4cccc5ccc1c3c45)Cc1cc(C(C)(C)C)cc(c1O)Cc1cc(C(C)(C)C)cc(c1OCCCNCc1ccc3ccc4cccc5ccc1c3c45)C2. The molecule has 0 unspecified atom stereocenters. The van der Waals surface area contributed by atoms with E-state index in [-0.39, 0.29) is 21.7 Å². The molecular weight excluding hydrogens is 1100 g/mol. The van der Waals surface area contributed by atoms with Gasteiger partial charge in [0, 0.05) is 38.8 Å². The summed E-state index contributed by atoms with van der Waals surface area (Å²) in [6.45, 7) is 31.2. The molecule has 460 valence electrons. The van der Waals surface area contributed by atoms with Gasteiger partial charge in [0.25, 0.3) is 0 Å². The van der Waals surface area contributed by atoms with E-state index in [4.69, 9.17) is 9.47 Å². The molecule has 0 amide bonds. The van der Waals surface area contributed by atoms with Crippen LogP contribution < -0.4 is 20.1 Å². The molecule has 13 rings (SSSR count). The van der Waals surface area contributed by atoms with Crippen molar-refractivity contribution in [2.75, 3.05) is 26.3 Å². The van der Waals surface area contributed by atoms with Crippen molar-refractivity contribution in [1.82, 2.24) is 10.6 Å². The minimum absolute atomic E-state index is 0.205. The molecule has 6 nitrogen and oxygen atoms in total. The zero-order valence-corrected chi connectivity index (χ0v) is 55.2. The summed E-state index contributed by atoms with van der Waals surface area (Å²) in [4.78, 5) is 0. The number of fused-ring (bicyclic) bond motifs is 8. The van der Waals surface area contributed by atoms with Crippen molar-refractivity contribution in [2.24, 2.45) is 0 Å². The van der Waals surface area contributed by atoms with Crippen LogP contribution in [0.1, 0.15) is 174 Å². The Morgan fingerprint density at radius 2 is 0.600 bits per heavy atom. The van der Waals surface area contributed by atoms with Crippen LogP contribution in [0.2, 0.25) is 0 Å². The molecule has 1 aliphatic carbocycles. The molecule has 12 aromatic rings. The van der Waals surface area contributed by atoms with Crippen molar-refractivity contribution in [3.63, 3.8) is 0 Å². The highest BCUT2D eigenvalue weighted by atomic mass is 16.5. The smallest absolute Gasteiger partial charge is 0.126 e. The van der Waals surface area contributed by atoms with E-state index in [0.717, 1.165) is 106 Å². The van der Waals surface area contributed by atoms with E-state index in [9.17, 15) is 10.2 Å². The average molecular weight is 1190 g/mol. The van der Waals surface area contributed by atoms with Gasteiger partial charge in [0.05, 0.1) is 13.2 Å². The van der Waals surface area contributed by atoms with Crippen LogP contribution in [0.4, 0.5) is 0 Å². The Labute approximate surface area is 533 Å². The van der Waals surface area contributed by atoms with Gasteiger partial charge in [-0.3, -0.25) is 0 Å². The molecule has 90 heavy (non-hydrogen) atoms. The Morgan fingerprint density at radius 3 is 0.900 bits per heavy atom. The monoisotopic (exact) mass is 1190 g/mol. The number of hydrogen-bond donors (Lipinski definition) is 4. The van der Waals surface area contributed by atoms with Crippen LogP contribution in [0.25, 0.3) is 64.6 Å². The third-order valence-corrected chi connectivity index (χ3v) is 19.4. The topological polar surface area (TPSA) is 83.0 Å². The first-order valence-corrected chi connectivity index (χ1v) is 33.0. The van der Waals surface area contributed by atoms with Crippen LogP contribution in [0.5, 0.6) is 23.0 Å². The van der Waals surface area contributed by atoms with E-state index in [1.807, 2.05) is 0 Å². The minimum Gasteiger partial charge on any atom is -0.507 e. The van der Waals surface area contributed by atoms with E-state index >= 15 is 0 Å². The Hall–Kier alpha value is -8.16. The summed E-state index contributed by atoms with van der Waals surface area (Å²) in [6.07, 6.45) is 3.40. The average Bonchev–Trinajstić information content (AvgIpc) is 0.779. The van der Waals surface area contributed by atoms with Gasteiger partial charge in [-0.1, -0.05) is 241 Å². The molecule has 12 aromatic carbocycles. The molecule has 1 aliphatic rings. The third-order valence-electron chi connectivity index (χ3n) is 19.4. The van der Waals surface area contributed by atoms with E-state index in [1.54, 1.807) is 0 Å². The first-order chi connectivity index (χ1) is 42.9. The summed E-state index contributed by atoms with van der Waals surface area (Å²) >= 11 is 0. The lowest BCUT2D eigenvalue weighted by Gasteiger charge is -2.28. The van der Waals surface area contributed by atoms with Gasteiger partial charge in [-0.25, -0.2) is 0 Å². The molecule has 6 heteroatoms. The van der Waals surface area contributed by atoms with E-state index in [1.165, 1.54) is 86.9 Å². The summed E-state index contributed by atoms with van der Waals surface area (Å²) in [5, 5.41) is 49.2. The van der Waals surface area contributed by atoms with Gasteiger partial charge in [-0.05, 0) is 190 Å². The van der Waals surface area contributed by atoms with Gasteiger partial charge in [0.1, 0.15) is 23.0 Å². The second-order valence-electron chi connectivity index (χ2n) is 30.2. The third kappa shape index (κ3) is 11.9. The lowest BCUT2D eigenvalue weighted by atomic mass is 9.79. The fourth-order valence-corrected chi connectivity index (χ4v) is 14.1. The number of aromatic hydroxyl groups is 2. The molecule has 0 saturated heterocycles. The van der Waals surface area contributed by atoms with Gasteiger partial charge >= 0.3 is 0 Å². The van der Waals surface area contributed by atoms with Gasteiger partial charge < -0.3 is 30.3 Å². The first kappa shape index (κ1) is 60.7. The summed E-state index contributed by atoms with van der Waals surface area (Å²) in [5.74, 6) is 2.27. The largest absolute Gasteiger partial charge is 0.507 e. The lowest BCUT2D eigenvalue weighted by Crippen LogP contribution is -2.19. The van der Waals surface area contributed by atoms with E-state index < -0.39 is 0 Å². The zero-order chi connectivity index (χ0) is 63.0. The van der Waals surface area contributed by atoms with Crippen molar-refractivity contribution < 1.29 is 19.7 Å². The molecule has 0 fully saturated rings. The maximum Gasteiger partial charge on any atom is 0.126 e. The van der Waals surface area contributed by atoms with Gasteiger partial charge in [-0.15, -0.1) is 0 Å². The van der Waals surface area contributed by atoms with Crippen LogP contribution in [0.3, 0.4) is 0 Å². The van der Waals surface area contributed by atoms with Crippen molar-refractivity contribution in [2.45, 2.75) is 156 Å². The maximum absolute atomic E-state index is 13.0. The highest BCUT2D eigenvalue weighted by Crippen LogP contribution is 2.45. The highest BCUT2D eigenvalue weighted by molar-refractivity contribution is 6.24. The molecule has 4 N–H and O–H groups in total. The maximum atomic E-state index is 13.0. The van der Waals surface area contributed by atoms with Crippen LogP contribution >= 0.6 is 0 Å². The lowest BCUT2D eigenvalue weighted by molar-refractivity contribution is 0.302. The molecule has 0 spiro atoms. The molecule has 0 aromatic heterocycles. The Morgan fingerprint density at radius 1 is 0.333 bits per heavy atom. The minimum atomic E-state index is -0.215. The predicted molar refractivity (Wildman–Crippen MR) is 379 cm³/mol. The second-order valence-corrected chi connectivity index (χ2v) is 30.2. The highest BCUT2D eigenvalue weighted by Gasteiger charge is 2.29. The van der Waals surface area contributed by atoms with Crippen LogP contribution in [0, 0.1) is 0 Å². The predicted octanol–water partition coefficient (Wildman–Crippen LogP) is 19.9. The quantitative estimate of drug-likeness (QED) is 0.0642. The first-order valence-electron chi connectivity index (χ1n) is 33.0. The normalized spacial score (nSPS) is 13.5. The number of hydrogen-bond acceptors (Lipinski definition) is 6. The van der Waals surface area contributed by atoms with Crippen LogP contribution in [-0.4, -0.2) is 36.5 Å². The summed E-state index contributed by atoms with van der Waals surface area (Å²) in [5.41, 5.74) is 14.0. The molecule has 8 bridgehead atoms. The van der Waals surface area contributed by atoms with Crippen molar-refractivity contribution >= 4 is 64.6 Å². The number of rotatable bonds is 14. The summed E-state index contributed by atoms with van der Waals surface area (Å²) < 4.78 is 14.4. The van der Waals surface area contributed by atoms with Gasteiger partial charge in [0.2, 0.25) is 0 Å². The van der Waals surface area contributed by atoms with Crippen molar-refractivity contribution in [3.05, 3.63) is 236 Å². The van der Waals surface area contributed by atoms with E-state index in [2.05, 4.69) is 251 Å². The Balaban J connectivity index is 0.841. The molecular formula is C84H90N2O4. The molecule has 0 radical (unpaired) electrons. The number of phenolic OH excluding ortho intramolecular Hbond substituents is 2. The van der Waals surface area contributed by atoms with E-state index in [0.29, 0.717) is 50.4 Å². The summed E-state index contributed by atoms with van der Waals surface area (Å²) in [6, 6.07) is 58.5. The number of nitrogens with one attached hydrogen (secondary N) is 2. The standard InChI is InChI=1S/C84H90N2O4/c1-81(2,3)67-41-59-37-63-45-69(83(7,8)9)47-65(79(63)89-35-15-33-85-49-57-27-25-55-23-21-51-17-13-19-53-29-31-71(57)75(55)73(51)53)39-61-43-68(82(4,5)6)44-62(78(61)88)40-66-48-70(84(10,11)12)46-64(38-60(42-67)77(59)87)80(66)90-36-16-34-86-50-58-28-26-56-24-22-52-18-14-20-54-30-32-72(58)76(56)74(52)54/h13-14,17-32,41-48,85-88H,15-16,33-40,49-50H2,1-12H3. The number of ether oxygens (including phenoxy) is 2. The number of benzene rings is 12. The van der Waals surface area contributed by atoms with Gasteiger partial charge in [0.15, 0.2) is 0 Å². The van der Waals surface area contributed by atoms with Crippen molar-refractivity contribution in [1.29, 1.82) is 0 Å². The fourth-order valence-electron chi connectivity index (χ4n) is 14.1.